The number of fused-ring (bicyclic) bond motifs is 1. The molecule has 156 valence electrons. The topological polar surface area (TPSA) is 75.7 Å². The lowest BCUT2D eigenvalue weighted by Crippen LogP contribution is -2.46. The number of nitrogens with one attached hydrogen (secondary N) is 1. The average molecular weight is 425 g/mol. The summed E-state index contributed by atoms with van der Waals surface area (Å²) in [5.41, 5.74) is 0. The van der Waals surface area contributed by atoms with Gasteiger partial charge in [-0.3, -0.25) is 4.79 Å². The maximum Gasteiger partial charge on any atom is 0.243 e. The number of nitrogens with zero attached hydrogens (tertiary/aromatic N) is 1. The summed E-state index contributed by atoms with van der Waals surface area (Å²) >= 11 is 0. The summed E-state index contributed by atoms with van der Waals surface area (Å²) in [5.74, 6) is 0.446. The van der Waals surface area contributed by atoms with Crippen molar-refractivity contribution in [1.29, 1.82) is 0 Å². The predicted molar refractivity (Wildman–Crippen MR) is 116 cm³/mol. The minimum absolute atomic E-state index is 0.216. The molecule has 0 radical (unpaired) electrons. The molecule has 1 atom stereocenters. The van der Waals surface area contributed by atoms with Crippen LogP contribution in [0.15, 0.2) is 77.7 Å². The normalized spacial score (nSPS) is 17.1. The molecule has 1 aliphatic heterocycles. The number of ether oxygens (including phenoxy) is 1. The molecule has 0 spiro atoms. The summed E-state index contributed by atoms with van der Waals surface area (Å²) in [7, 11) is -3.76. The number of sulfonamides is 1. The number of benzene rings is 3. The van der Waals surface area contributed by atoms with Gasteiger partial charge in [0, 0.05) is 6.54 Å². The van der Waals surface area contributed by atoms with Gasteiger partial charge in [-0.15, -0.1) is 0 Å². The molecule has 0 bridgehead atoms. The van der Waals surface area contributed by atoms with Crippen molar-refractivity contribution in [2.75, 3.05) is 19.7 Å². The first-order valence-electron chi connectivity index (χ1n) is 10.0. The molecule has 30 heavy (non-hydrogen) atoms. The van der Waals surface area contributed by atoms with Crippen LogP contribution in [0, 0.1) is 0 Å². The molecule has 0 unspecified atom stereocenters. The molecule has 0 saturated carbocycles. The molecule has 0 aliphatic carbocycles. The third-order valence-electron chi connectivity index (χ3n) is 5.25. The fraction of sp³-hybridized carbons (Fsp3) is 0.261. The average Bonchev–Trinajstić information content (AvgIpc) is 3.28. The van der Waals surface area contributed by atoms with E-state index < -0.39 is 16.1 Å². The molecular weight excluding hydrogens is 400 g/mol. The smallest absolute Gasteiger partial charge is 0.243 e. The second kappa shape index (κ2) is 8.85. The number of para-hydroxylation sites is 1. The molecule has 1 amide bonds. The van der Waals surface area contributed by atoms with Gasteiger partial charge in [-0.05, 0) is 47.9 Å². The third kappa shape index (κ3) is 4.32. The second-order valence-corrected chi connectivity index (χ2v) is 9.13. The Hall–Kier alpha value is -2.90. The maximum absolute atomic E-state index is 13.2. The van der Waals surface area contributed by atoms with E-state index >= 15 is 0 Å². The van der Waals surface area contributed by atoms with Crippen LogP contribution in [0.4, 0.5) is 0 Å². The van der Waals surface area contributed by atoms with E-state index in [0.29, 0.717) is 32.5 Å². The highest BCUT2D eigenvalue weighted by molar-refractivity contribution is 7.89. The van der Waals surface area contributed by atoms with Crippen LogP contribution in [0.2, 0.25) is 0 Å². The van der Waals surface area contributed by atoms with E-state index in [1.54, 1.807) is 18.2 Å². The zero-order valence-corrected chi connectivity index (χ0v) is 17.3. The number of carbonyl (C=O) groups is 1. The van der Waals surface area contributed by atoms with Crippen molar-refractivity contribution < 1.29 is 17.9 Å². The highest BCUT2D eigenvalue weighted by Gasteiger charge is 2.39. The molecule has 7 heteroatoms. The lowest BCUT2D eigenvalue weighted by Gasteiger charge is -2.23. The van der Waals surface area contributed by atoms with Gasteiger partial charge in [0.1, 0.15) is 18.4 Å². The molecule has 1 fully saturated rings. The monoisotopic (exact) mass is 424 g/mol. The molecule has 1 saturated heterocycles. The Balaban J connectivity index is 1.42. The van der Waals surface area contributed by atoms with Crippen LogP contribution in [0.1, 0.15) is 12.8 Å². The van der Waals surface area contributed by atoms with Crippen LogP contribution in [0.3, 0.4) is 0 Å². The first kappa shape index (κ1) is 20.4. The molecule has 3 aromatic carbocycles. The van der Waals surface area contributed by atoms with Gasteiger partial charge in [0.05, 0.1) is 11.4 Å². The van der Waals surface area contributed by atoms with E-state index in [-0.39, 0.29) is 10.8 Å². The molecule has 1 heterocycles. The number of hydrogen-bond acceptors (Lipinski definition) is 4. The number of hydrogen-bond donors (Lipinski definition) is 1. The Morgan fingerprint density at radius 1 is 1.00 bits per heavy atom. The second-order valence-electron chi connectivity index (χ2n) is 7.24. The van der Waals surface area contributed by atoms with Gasteiger partial charge >= 0.3 is 0 Å². The van der Waals surface area contributed by atoms with Crippen molar-refractivity contribution in [3.05, 3.63) is 72.8 Å². The zero-order valence-electron chi connectivity index (χ0n) is 16.5. The summed E-state index contributed by atoms with van der Waals surface area (Å²) in [5, 5.41) is 4.64. The van der Waals surface area contributed by atoms with Crippen LogP contribution >= 0.6 is 0 Å². The summed E-state index contributed by atoms with van der Waals surface area (Å²) in [4.78, 5) is 12.9. The fourth-order valence-electron chi connectivity index (χ4n) is 3.73. The van der Waals surface area contributed by atoms with Gasteiger partial charge < -0.3 is 10.1 Å². The molecule has 3 aromatic rings. The zero-order chi connectivity index (χ0) is 21.0. The maximum atomic E-state index is 13.2. The largest absolute Gasteiger partial charge is 0.492 e. The van der Waals surface area contributed by atoms with Gasteiger partial charge in [0.2, 0.25) is 15.9 Å². The van der Waals surface area contributed by atoms with Gasteiger partial charge in [0.15, 0.2) is 0 Å². The fourth-order valence-corrected chi connectivity index (χ4v) is 5.42. The highest BCUT2D eigenvalue weighted by atomic mass is 32.2. The lowest BCUT2D eigenvalue weighted by atomic mass is 10.1. The van der Waals surface area contributed by atoms with Crippen LogP contribution in [0.25, 0.3) is 10.8 Å². The summed E-state index contributed by atoms with van der Waals surface area (Å²) in [6.45, 7) is 0.974. The molecule has 1 aliphatic rings. The van der Waals surface area contributed by atoms with Gasteiger partial charge in [-0.1, -0.05) is 48.5 Å². The summed E-state index contributed by atoms with van der Waals surface area (Å²) in [6.07, 6.45) is 1.17. The number of carbonyl (C=O) groups excluding carboxylic acids is 1. The van der Waals surface area contributed by atoms with Crippen LogP contribution in [-0.4, -0.2) is 44.4 Å². The third-order valence-corrected chi connectivity index (χ3v) is 7.15. The van der Waals surface area contributed by atoms with E-state index in [4.69, 9.17) is 4.74 Å². The Labute approximate surface area is 176 Å². The quantitative estimate of drug-likeness (QED) is 0.591. The standard InChI is InChI=1S/C23H24N2O4S/c26-23(24-14-16-29-20-9-2-1-3-10-20)22-11-6-15-25(22)30(27,28)21-13-12-18-7-4-5-8-19(18)17-21/h1-5,7-10,12-13,17,22H,6,11,14-16H2,(H,24,26)/t22-/m0/s1. The van der Waals surface area contributed by atoms with Crippen molar-refractivity contribution in [3.63, 3.8) is 0 Å². The first-order valence-corrected chi connectivity index (χ1v) is 11.5. The van der Waals surface area contributed by atoms with E-state index in [1.807, 2.05) is 54.6 Å². The SMILES string of the molecule is O=C(NCCOc1ccccc1)[C@@H]1CCCN1S(=O)(=O)c1ccc2ccccc2c1. The molecule has 4 rings (SSSR count). The molecular formula is C23H24N2O4S. The van der Waals surface area contributed by atoms with E-state index in [2.05, 4.69) is 5.32 Å². The predicted octanol–water partition coefficient (Wildman–Crippen LogP) is 3.19. The Bertz CT molecular complexity index is 1130. The Morgan fingerprint density at radius 3 is 2.53 bits per heavy atom. The first-order chi connectivity index (χ1) is 14.6. The Morgan fingerprint density at radius 2 is 1.73 bits per heavy atom. The summed E-state index contributed by atoms with van der Waals surface area (Å²) < 4.78 is 33.4. The van der Waals surface area contributed by atoms with Crippen molar-refractivity contribution in [2.24, 2.45) is 0 Å². The van der Waals surface area contributed by atoms with Crippen LogP contribution in [0.5, 0.6) is 5.75 Å². The minimum Gasteiger partial charge on any atom is -0.492 e. The van der Waals surface area contributed by atoms with E-state index in [0.717, 1.165) is 16.5 Å². The number of amides is 1. The van der Waals surface area contributed by atoms with Gasteiger partial charge in [0.25, 0.3) is 0 Å². The van der Waals surface area contributed by atoms with E-state index in [9.17, 15) is 13.2 Å². The number of rotatable bonds is 7. The lowest BCUT2D eigenvalue weighted by molar-refractivity contribution is -0.124. The van der Waals surface area contributed by atoms with Crippen molar-refractivity contribution in [3.8, 4) is 5.75 Å². The van der Waals surface area contributed by atoms with Crippen molar-refractivity contribution in [1.82, 2.24) is 9.62 Å². The van der Waals surface area contributed by atoms with Crippen LogP contribution < -0.4 is 10.1 Å². The minimum atomic E-state index is -3.76. The summed E-state index contributed by atoms with van der Waals surface area (Å²) in [6, 6.07) is 21.3. The molecule has 0 aromatic heterocycles. The van der Waals surface area contributed by atoms with Crippen LogP contribution in [-0.2, 0) is 14.8 Å². The Kier molecular flexibility index (Phi) is 6.01. The molecule has 1 N–H and O–H groups in total. The molecule has 6 nitrogen and oxygen atoms in total. The van der Waals surface area contributed by atoms with Crippen molar-refractivity contribution >= 4 is 26.7 Å². The van der Waals surface area contributed by atoms with Gasteiger partial charge in [-0.2, -0.15) is 4.31 Å². The van der Waals surface area contributed by atoms with Crippen molar-refractivity contribution in [2.45, 2.75) is 23.8 Å². The highest BCUT2D eigenvalue weighted by Crippen LogP contribution is 2.28. The van der Waals surface area contributed by atoms with Gasteiger partial charge in [-0.25, -0.2) is 8.42 Å². The van der Waals surface area contributed by atoms with E-state index in [1.165, 1.54) is 4.31 Å².